The summed E-state index contributed by atoms with van der Waals surface area (Å²) in [6.45, 7) is 1.83. The second-order valence-electron chi connectivity index (χ2n) is 3.73. The van der Waals surface area contributed by atoms with Gasteiger partial charge in [0.25, 0.3) is 0 Å². The van der Waals surface area contributed by atoms with Gasteiger partial charge in [0.05, 0.1) is 11.4 Å². The number of benzene rings is 1. The van der Waals surface area contributed by atoms with Crippen LogP contribution in [0.5, 0.6) is 0 Å². The Morgan fingerprint density at radius 3 is 2.59 bits per heavy atom. The van der Waals surface area contributed by atoms with Crippen LogP contribution in [0.3, 0.4) is 0 Å². The number of carboxylic acid groups (broad SMARTS) is 1. The molecular weight excluding hydrogens is 218 g/mol. The molecule has 2 aromatic rings. The molecule has 0 bridgehead atoms. The van der Waals surface area contributed by atoms with E-state index in [0.29, 0.717) is 5.82 Å². The van der Waals surface area contributed by atoms with Gasteiger partial charge in [-0.1, -0.05) is 18.2 Å². The van der Waals surface area contributed by atoms with E-state index in [4.69, 9.17) is 5.11 Å². The van der Waals surface area contributed by atoms with Crippen LogP contribution >= 0.6 is 0 Å². The number of rotatable bonds is 2. The number of hydrogen-bond acceptors (Lipinski definition) is 2. The minimum Gasteiger partial charge on any atom is -0.465 e. The summed E-state index contributed by atoms with van der Waals surface area (Å²) in [5.41, 5.74) is 1.61. The zero-order valence-corrected chi connectivity index (χ0v) is 9.66. The van der Waals surface area contributed by atoms with E-state index >= 15 is 0 Å². The molecule has 1 aromatic heterocycles. The van der Waals surface area contributed by atoms with E-state index in [1.54, 1.807) is 10.7 Å². The molecule has 2 rings (SSSR count). The number of amides is 1. The molecule has 0 radical (unpaired) electrons. The third-order valence-corrected chi connectivity index (χ3v) is 2.44. The summed E-state index contributed by atoms with van der Waals surface area (Å²) in [4.78, 5) is 12.1. The second kappa shape index (κ2) is 4.29. The van der Waals surface area contributed by atoms with Crippen molar-refractivity contribution >= 4 is 11.9 Å². The Labute approximate surface area is 98.9 Å². The first kappa shape index (κ1) is 11.2. The maximum absolute atomic E-state index is 11.0. The van der Waals surface area contributed by atoms with Crippen molar-refractivity contribution in [2.45, 2.75) is 6.92 Å². The molecule has 0 unspecified atom stereocenters. The molecule has 5 heteroatoms. The van der Waals surface area contributed by atoms with E-state index < -0.39 is 6.09 Å². The van der Waals surface area contributed by atoms with Gasteiger partial charge in [0.15, 0.2) is 0 Å². The molecule has 0 aliphatic heterocycles. The quantitative estimate of drug-likeness (QED) is 0.862. The lowest BCUT2D eigenvalue weighted by Gasteiger charge is -2.14. The third-order valence-electron chi connectivity index (χ3n) is 2.44. The van der Waals surface area contributed by atoms with Crippen LogP contribution in [-0.2, 0) is 0 Å². The maximum atomic E-state index is 11.0. The Morgan fingerprint density at radius 2 is 2.00 bits per heavy atom. The van der Waals surface area contributed by atoms with E-state index in [2.05, 4.69) is 5.10 Å². The molecule has 0 atom stereocenters. The molecule has 0 fully saturated rings. The van der Waals surface area contributed by atoms with Crippen LogP contribution in [0, 0.1) is 6.92 Å². The van der Waals surface area contributed by atoms with Crippen molar-refractivity contribution in [3.63, 3.8) is 0 Å². The minimum absolute atomic E-state index is 0.529. The fourth-order valence-corrected chi connectivity index (χ4v) is 1.58. The molecule has 1 N–H and O–H groups in total. The molecular formula is C12H13N3O2. The monoisotopic (exact) mass is 231 g/mol. The van der Waals surface area contributed by atoms with Gasteiger partial charge in [-0.15, -0.1) is 0 Å². The molecule has 1 aromatic carbocycles. The highest BCUT2D eigenvalue weighted by molar-refractivity contribution is 5.84. The van der Waals surface area contributed by atoms with Gasteiger partial charge in [-0.25, -0.2) is 9.48 Å². The van der Waals surface area contributed by atoms with Gasteiger partial charge < -0.3 is 5.11 Å². The summed E-state index contributed by atoms with van der Waals surface area (Å²) in [5, 5.41) is 13.3. The standard InChI is InChI=1S/C12H13N3O2/c1-9-8-11(14(2)12(16)17)15(13-9)10-6-4-3-5-7-10/h3-8H,1-2H3,(H,16,17). The van der Waals surface area contributed by atoms with Crippen molar-refractivity contribution in [3.8, 4) is 5.69 Å². The van der Waals surface area contributed by atoms with Crippen molar-refractivity contribution in [2.75, 3.05) is 11.9 Å². The highest BCUT2D eigenvalue weighted by atomic mass is 16.4. The van der Waals surface area contributed by atoms with Crippen molar-refractivity contribution in [2.24, 2.45) is 0 Å². The molecule has 17 heavy (non-hydrogen) atoms. The van der Waals surface area contributed by atoms with E-state index in [9.17, 15) is 4.79 Å². The topological polar surface area (TPSA) is 58.4 Å². The Kier molecular flexibility index (Phi) is 2.82. The Balaban J connectivity index is 2.52. The molecule has 0 spiro atoms. The summed E-state index contributed by atoms with van der Waals surface area (Å²) >= 11 is 0. The van der Waals surface area contributed by atoms with Gasteiger partial charge in [-0.3, -0.25) is 4.90 Å². The zero-order chi connectivity index (χ0) is 12.4. The first-order valence-corrected chi connectivity index (χ1v) is 5.18. The normalized spacial score (nSPS) is 10.2. The number of hydrogen-bond donors (Lipinski definition) is 1. The fraction of sp³-hybridized carbons (Fsp3) is 0.167. The summed E-state index contributed by atoms with van der Waals surface area (Å²) in [6.07, 6.45) is -1.01. The average Bonchev–Trinajstić information content (AvgIpc) is 2.71. The molecule has 0 saturated heterocycles. The van der Waals surface area contributed by atoms with Crippen LogP contribution in [0.25, 0.3) is 5.69 Å². The lowest BCUT2D eigenvalue weighted by atomic mass is 10.3. The van der Waals surface area contributed by atoms with Gasteiger partial charge in [0.1, 0.15) is 5.82 Å². The van der Waals surface area contributed by atoms with Crippen LogP contribution < -0.4 is 4.90 Å². The zero-order valence-electron chi connectivity index (χ0n) is 9.66. The molecule has 0 saturated carbocycles. The predicted molar refractivity (Wildman–Crippen MR) is 64.7 cm³/mol. The van der Waals surface area contributed by atoms with Gasteiger partial charge in [0, 0.05) is 13.1 Å². The van der Waals surface area contributed by atoms with Gasteiger partial charge in [-0.05, 0) is 19.1 Å². The fourth-order valence-electron chi connectivity index (χ4n) is 1.58. The Morgan fingerprint density at radius 1 is 1.35 bits per heavy atom. The lowest BCUT2D eigenvalue weighted by Crippen LogP contribution is -2.26. The maximum Gasteiger partial charge on any atom is 0.412 e. The largest absolute Gasteiger partial charge is 0.465 e. The van der Waals surface area contributed by atoms with Crippen LogP contribution in [0.1, 0.15) is 5.69 Å². The summed E-state index contributed by atoms with van der Waals surface area (Å²) in [7, 11) is 1.50. The molecule has 0 aliphatic rings. The van der Waals surface area contributed by atoms with Crippen LogP contribution in [-0.4, -0.2) is 28.0 Å². The number of carbonyl (C=O) groups is 1. The summed E-state index contributed by atoms with van der Waals surface area (Å²) < 4.78 is 1.61. The second-order valence-corrected chi connectivity index (χ2v) is 3.73. The van der Waals surface area contributed by atoms with Crippen molar-refractivity contribution in [3.05, 3.63) is 42.1 Å². The van der Waals surface area contributed by atoms with Crippen molar-refractivity contribution in [1.29, 1.82) is 0 Å². The Bertz CT molecular complexity index is 534. The van der Waals surface area contributed by atoms with Crippen molar-refractivity contribution in [1.82, 2.24) is 9.78 Å². The molecule has 1 heterocycles. The lowest BCUT2D eigenvalue weighted by molar-refractivity contribution is 0.203. The van der Waals surface area contributed by atoms with E-state index in [-0.39, 0.29) is 0 Å². The number of para-hydroxylation sites is 1. The molecule has 1 amide bonds. The van der Waals surface area contributed by atoms with Gasteiger partial charge in [-0.2, -0.15) is 5.10 Å². The van der Waals surface area contributed by atoms with E-state index in [0.717, 1.165) is 16.3 Å². The van der Waals surface area contributed by atoms with Crippen LogP contribution in [0.15, 0.2) is 36.4 Å². The number of aryl methyl sites for hydroxylation is 1. The van der Waals surface area contributed by atoms with E-state index in [1.807, 2.05) is 37.3 Å². The number of anilines is 1. The average molecular weight is 231 g/mol. The molecule has 5 nitrogen and oxygen atoms in total. The molecule has 88 valence electrons. The number of nitrogens with zero attached hydrogens (tertiary/aromatic N) is 3. The van der Waals surface area contributed by atoms with Crippen molar-refractivity contribution < 1.29 is 9.90 Å². The number of aromatic nitrogens is 2. The third kappa shape index (κ3) is 2.13. The summed E-state index contributed by atoms with van der Waals surface area (Å²) in [5.74, 6) is 0.529. The smallest absolute Gasteiger partial charge is 0.412 e. The minimum atomic E-state index is -1.01. The Hall–Kier alpha value is -2.30. The van der Waals surface area contributed by atoms with Crippen LogP contribution in [0.2, 0.25) is 0 Å². The summed E-state index contributed by atoms with van der Waals surface area (Å²) in [6, 6.07) is 11.2. The van der Waals surface area contributed by atoms with Gasteiger partial charge in [0.2, 0.25) is 0 Å². The first-order valence-electron chi connectivity index (χ1n) is 5.18. The SMILES string of the molecule is Cc1cc(N(C)C(=O)O)n(-c2ccccc2)n1. The highest BCUT2D eigenvalue weighted by Gasteiger charge is 2.16. The predicted octanol–water partition coefficient (Wildman–Crippen LogP) is 2.29. The first-order chi connectivity index (χ1) is 8.09. The highest BCUT2D eigenvalue weighted by Crippen LogP contribution is 2.19. The van der Waals surface area contributed by atoms with E-state index in [1.165, 1.54) is 7.05 Å². The molecule has 0 aliphatic carbocycles. The van der Waals surface area contributed by atoms with Gasteiger partial charge >= 0.3 is 6.09 Å². The van der Waals surface area contributed by atoms with Crippen LogP contribution in [0.4, 0.5) is 10.6 Å².